The molecule has 5 N–H and O–H groups in total. The summed E-state index contributed by atoms with van der Waals surface area (Å²) in [7, 11) is 6.26. The third kappa shape index (κ3) is 5.66. The van der Waals surface area contributed by atoms with Gasteiger partial charge in [0.25, 0.3) is 5.91 Å². The first-order chi connectivity index (χ1) is 18.4. The van der Waals surface area contributed by atoms with Crippen LogP contribution >= 0.6 is 11.5 Å². The molecule has 0 saturated heterocycles. The molecule has 1 amide bonds. The van der Waals surface area contributed by atoms with Crippen molar-refractivity contribution in [2.75, 3.05) is 33.8 Å². The van der Waals surface area contributed by atoms with Crippen LogP contribution in [0.4, 0.5) is 5.69 Å². The summed E-state index contributed by atoms with van der Waals surface area (Å²) in [6, 6.07) is 15.5. The van der Waals surface area contributed by atoms with E-state index in [1.54, 1.807) is 65.0 Å². The summed E-state index contributed by atoms with van der Waals surface area (Å²) in [4.78, 5) is 13.9. The lowest BCUT2D eigenvalue weighted by molar-refractivity contribution is -0.402. The number of phenols is 1. The number of phenolic OH excluding ortho intramolecular Hbond substituents is 1. The minimum Gasteiger partial charge on any atom is -0.508 e. The van der Waals surface area contributed by atoms with E-state index in [0.29, 0.717) is 35.1 Å². The normalized spacial score (nSPS) is 11.5. The highest BCUT2D eigenvalue weighted by Crippen LogP contribution is 2.45. The molecule has 1 atom stereocenters. The van der Waals surface area contributed by atoms with Gasteiger partial charge >= 0.3 is 0 Å². The molecule has 3 aromatic carbocycles. The summed E-state index contributed by atoms with van der Waals surface area (Å²) in [6.45, 7) is 0. The molecule has 0 radical (unpaired) electrons. The Balaban J connectivity index is 1.64. The number of rotatable bonds is 10. The summed E-state index contributed by atoms with van der Waals surface area (Å²) in [5, 5.41) is 12.5. The van der Waals surface area contributed by atoms with Crippen LogP contribution in [-0.2, 0) is 11.2 Å². The summed E-state index contributed by atoms with van der Waals surface area (Å²) < 4.78 is 26.4. The molecule has 4 aromatic rings. The maximum Gasteiger partial charge on any atom is 0.282 e. The van der Waals surface area contributed by atoms with Crippen molar-refractivity contribution >= 4 is 23.1 Å². The molecule has 0 aliphatic rings. The van der Waals surface area contributed by atoms with E-state index in [4.69, 9.17) is 18.9 Å². The van der Waals surface area contributed by atoms with Gasteiger partial charge in [0.1, 0.15) is 11.5 Å². The van der Waals surface area contributed by atoms with Gasteiger partial charge in [-0.05, 0) is 59.1 Å². The number of aromatic hydroxyl groups is 1. The first-order valence-corrected chi connectivity index (χ1v) is 12.5. The van der Waals surface area contributed by atoms with Gasteiger partial charge in [-0.25, -0.2) is 0 Å². The van der Waals surface area contributed by atoms with E-state index in [9.17, 15) is 9.90 Å². The van der Waals surface area contributed by atoms with Crippen molar-refractivity contribution in [1.82, 2.24) is 4.37 Å². The number of carbonyl (C=O) groups is 1. The van der Waals surface area contributed by atoms with Crippen LogP contribution in [0.25, 0.3) is 21.6 Å². The predicted molar refractivity (Wildman–Crippen MR) is 146 cm³/mol. The molecule has 0 saturated carbocycles. The molecule has 0 bridgehead atoms. The molecule has 0 fully saturated rings. The highest BCUT2D eigenvalue weighted by molar-refractivity contribution is 7.10. The predicted octanol–water partition coefficient (Wildman–Crippen LogP) is 4.01. The van der Waals surface area contributed by atoms with Gasteiger partial charge in [0.2, 0.25) is 5.75 Å². The van der Waals surface area contributed by atoms with Crippen molar-refractivity contribution in [2.45, 2.75) is 12.5 Å². The molecule has 1 aromatic heterocycles. The van der Waals surface area contributed by atoms with E-state index in [0.717, 1.165) is 27.1 Å². The third-order valence-electron chi connectivity index (χ3n) is 6.05. The molecule has 10 heteroatoms. The highest BCUT2D eigenvalue weighted by Gasteiger charge is 2.22. The highest BCUT2D eigenvalue weighted by atomic mass is 32.1. The number of nitrogens with zero attached hydrogens (tertiary/aromatic N) is 1. The number of methoxy groups -OCH3 is 4. The quantitative estimate of drug-likeness (QED) is 0.280. The lowest BCUT2D eigenvalue weighted by atomic mass is 10.0. The Bertz CT molecular complexity index is 1400. The lowest BCUT2D eigenvalue weighted by Gasteiger charge is -2.15. The Morgan fingerprint density at radius 1 is 0.921 bits per heavy atom. The van der Waals surface area contributed by atoms with Gasteiger partial charge in [-0.1, -0.05) is 18.2 Å². The average molecular weight is 537 g/mol. The van der Waals surface area contributed by atoms with Crippen molar-refractivity contribution in [3.8, 4) is 50.3 Å². The fourth-order valence-corrected chi connectivity index (χ4v) is 4.84. The molecule has 198 valence electrons. The van der Waals surface area contributed by atoms with Crippen LogP contribution in [0.2, 0.25) is 0 Å². The van der Waals surface area contributed by atoms with Crippen LogP contribution in [0.5, 0.6) is 28.7 Å². The minimum atomic E-state index is -0.550. The number of aromatic nitrogens is 1. The van der Waals surface area contributed by atoms with Gasteiger partial charge < -0.3 is 35.1 Å². The molecule has 1 heterocycles. The van der Waals surface area contributed by atoms with E-state index in [1.165, 1.54) is 11.5 Å². The van der Waals surface area contributed by atoms with Crippen molar-refractivity contribution in [3.05, 3.63) is 66.4 Å². The molecule has 0 spiro atoms. The second-order valence-electron chi connectivity index (χ2n) is 8.45. The molecule has 0 aliphatic heterocycles. The SMILES string of the molecule is COc1ccc(-c2cnsc2-c2cc(OC)c(OC)c(OC)c2)cc1NC(=O)[C@H]([NH3+])Cc1ccc(O)cc1. The standard InChI is InChI=1S/C28H29N3O6S/c1-34-23-10-7-17(12-22(23)31-28(33)21(29)11-16-5-8-19(32)9-6-16)20-15-30-38-27(20)18-13-24(35-2)26(37-4)25(14-18)36-3/h5-10,12-15,21,32H,11,29H2,1-4H3,(H,31,33)/p+1/t21-/m1/s1. The van der Waals surface area contributed by atoms with E-state index < -0.39 is 6.04 Å². The van der Waals surface area contributed by atoms with E-state index >= 15 is 0 Å². The topological polar surface area (TPSA) is 127 Å². The van der Waals surface area contributed by atoms with Crippen LogP contribution in [0, 0.1) is 0 Å². The summed E-state index contributed by atoms with van der Waals surface area (Å²) in [6.07, 6.45) is 2.21. The summed E-state index contributed by atoms with van der Waals surface area (Å²) in [5.74, 6) is 2.04. The second-order valence-corrected chi connectivity index (χ2v) is 9.26. The van der Waals surface area contributed by atoms with Crippen molar-refractivity contribution < 1.29 is 34.6 Å². The van der Waals surface area contributed by atoms with Gasteiger partial charge in [0.15, 0.2) is 17.5 Å². The Morgan fingerprint density at radius 3 is 2.18 bits per heavy atom. The number of anilines is 1. The van der Waals surface area contributed by atoms with Crippen molar-refractivity contribution in [2.24, 2.45) is 0 Å². The number of hydrogen-bond acceptors (Lipinski definition) is 8. The summed E-state index contributed by atoms with van der Waals surface area (Å²) >= 11 is 1.34. The van der Waals surface area contributed by atoms with Crippen LogP contribution in [0.1, 0.15) is 5.56 Å². The molecule has 0 aliphatic carbocycles. The first-order valence-electron chi connectivity index (χ1n) is 11.7. The number of ether oxygens (including phenoxy) is 4. The number of benzene rings is 3. The van der Waals surface area contributed by atoms with Crippen molar-refractivity contribution in [3.63, 3.8) is 0 Å². The van der Waals surface area contributed by atoms with Gasteiger partial charge in [-0.3, -0.25) is 4.79 Å². The monoisotopic (exact) mass is 536 g/mol. The maximum atomic E-state index is 13.0. The molecule has 38 heavy (non-hydrogen) atoms. The Morgan fingerprint density at radius 2 is 1.58 bits per heavy atom. The van der Waals surface area contributed by atoms with Crippen LogP contribution in [0.3, 0.4) is 0 Å². The zero-order valence-electron chi connectivity index (χ0n) is 21.6. The Kier molecular flexibility index (Phi) is 8.35. The molecular formula is C28H30N3O6S+. The van der Waals surface area contributed by atoms with Crippen LogP contribution in [-0.4, -0.2) is 49.9 Å². The molecule has 4 rings (SSSR count). The minimum absolute atomic E-state index is 0.175. The van der Waals surface area contributed by atoms with E-state index in [-0.39, 0.29) is 11.7 Å². The Hall–Kier alpha value is -4.28. The zero-order valence-corrected chi connectivity index (χ0v) is 22.4. The lowest BCUT2D eigenvalue weighted by Crippen LogP contribution is -2.67. The van der Waals surface area contributed by atoms with Gasteiger partial charge in [-0.15, -0.1) is 0 Å². The number of amides is 1. The first kappa shape index (κ1) is 26.8. The van der Waals surface area contributed by atoms with E-state index in [1.807, 2.05) is 24.3 Å². The fraction of sp³-hybridized carbons (Fsp3) is 0.214. The number of hydrogen-bond donors (Lipinski definition) is 3. The average Bonchev–Trinajstić information content (AvgIpc) is 3.43. The molecular weight excluding hydrogens is 506 g/mol. The van der Waals surface area contributed by atoms with E-state index in [2.05, 4.69) is 15.4 Å². The number of quaternary nitrogens is 1. The maximum absolute atomic E-state index is 13.0. The summed E-state index contributed by atoms with van der Waals surface area (Å²) in [5.41, 5.74) is 8.02. The molecule has 0 unspecified atom stereocenters. The van der Waals surface area contributed by atoms with Gasteiger partial charge in [-0.2, -0.15) is 4.37 Å². The van der Waals surface area contributed by atoms with Gasteiger partial charge in [0, 0.05) is 23.7 Å². The zero-order chi connectivity index (χ0) is 27.2. The third-order valence-corrected chi connectivity index (χ3v) is 6.90. The fourth-order valence-electron chi connectivity index (χ4n) is 4.08. The number of carbonyl (C=O) groups excluding carboxylic acids is 1. The van der Waals surface area contributed by atoms with Crippen LogP contribution in [0.15, 0.2) is 60.8 Å². The Labute approximate surface area is 224 Å². The van der Waals surface area contributed by atoms with Crippen LogP contribution < -0.4 is 30.0 Å². The smallest absolute Gasteiger partial charge is 0.282 e. The van der Waals surface area contributed by atoms with Crippen molar-refractivity contribution in [1.29, 1.82) is 0 Å². The largest absolute Gasteiger partial charge is 0.508 e. The number of nitrogens with one attached hydrogen (secondary N) is 1. The van der Waals surface area contributed by atoms with Gasteiger partial charge in [0.05, 0.1) is 39.0 Å². The second kappa shape index (κ2) is 11.8. The molecule has 9 nitrogen and oxygen atoms in total.